The lowest BCUT2D eigenvalue weighted by atomic mass is 9.95. The molecule has 3 fully saturated rings. The van der Waals surface area contributed by atoms with E-state index in [1.807, 2.05) is 4.90 Å². The normalized spacial score (nSPS) is 22.7. The molecular weight excluding hydrogens is 366 g/mol. The first-order valence-electron chi connectivity index (χ1n) is 9.64. The van der Waals surface area contributed by atoms with E-state index < -0.39 is 10.0 Å². The minimum atomic E-state index is -3.19. The molecule has 0 aromatic heterocycles. The van der Waals surface area contributed by atoms with E-state index in [4.69, 9.17) is 0 Å². The molecule has 0 atom stereocenters. The number of sulfonamides is 1. The van der Waals surface area contributed by atoms with Crippen LogP contribution in [0.2, 0.25) is 0 Å². The Bertz CT molecular complexity index is 825. The van der Waals surface area contributed by atoms with Crippen LogP contribution in [0.1, 0.15) is 32.1 Å². The lowest BCUT2D eigenvalue weighted by Gasteiger charge is -2.31. The molecule has 2 amide bonds. The van der Waals surface area contributed by atoms with Gasteiger partial charge >= 0.3 is 0 Å². The Hall–Kier alpha value is -2.09. The Kier molecular flexibility index (Phi) is 4.84. The first-order valence-corrected chi connectivity index (χ1v) is 11.2. The standard InChI is InChI=1S/C19H25N3O4S/c23-18(14-8-11-21(12-9-14)19(24)15-2-3-15)20-16-4-6-17(7-5-16)22-10-1-13-27(22,25)26/h4-7,14-15H,1-3,8-13H2,(H,20,23). The summed E-state index contributed by atoms with van der Waals surface area (Å²) in [5.74, 6) is 0.546. The summed E-state index contributed by atoms with van der Waals surface area (Å²) < 4.78 is 25.4. The second-order valence-electron chi connectivity index (χ2n) is 7.65. The molecule has 3 aliphatic rings. The minimum Gasteiger partial charge on any atom is -0.342 e. The highest BCUT2D eigenvalue weighted by Crippen LogP contribution is 2.32. The number of carbonyl (C=O) groups is 2. The number of amides is 2. The third kappa shape index (κ3) is 3.95. The van der Waals surface area contributed by atoms with Crippen LogP contribution < -0.4 is 9.62 Å². The van der Waals surface area contributed by atoms with Gasteiger partial charge in [0.1, 0.15) is 0 Å². The summed E-state index contributed by atoms with van der Waals surface area (Å²) in [6.45, 7) is 1.81. The first-order chi connectivity index (χ1) is 12.9. The molecule has 0 radical (unpaired) electrons. The number of piperidine rings is 1. The van der Waals surface area contributed by atoms with Gasteiger partial charge in [0.2, 0.25) is 21.8 Å². The summed E-state index contributed by atoms with van der Waals surface area (Å²) in [5.41, 5.74) is 1.30. The third-order valence-electron chi connectivity index (χ3n) is 5.63. The van der Waals surface area contributed by atoms with E-state index in [2.05, 4.69) is 5.32 Å². The summed E-state index contributed by atoms with van der Waals surface area (Å²) in [6, 6.07) is 6.95. The fourth-order valence-electron chi connectivity index (χ4n) is 3.84. The topological polar surface area (TPSA) is 86.8 Å². The molecule has 7 nitrogen and oxygen atoms in total. The van der Waals surface area contributed by atoms with Gasteiger partial charge in [0.25, 0.3) is 0 Å². The monoisotopic (exact) mass is 391 g/mol. The van der Waals surface area contributed by atoms with Gasteiger partial charge in [-0.2, -0.15) is 0 Å². The fraction of sp³-hybridized carbons (Fsp3) is 0.579. The molecule has 0 bridgehead atoms. The Balaban J connectivity index is 1.31. The molecule has 27 heavy (non-hydrogen) atoms. The summed E-state index contributed by atoms with van der Waals surface area (Å²) in [5, 5.41) is 2.92. The Morgan fingerprint density at radius 2 is 1.59 bits per heavy atom. The number of likely N-dealkylation sites (tertiary alicyclic amines) is 1. The largest absolute Gasteiger partial charge is 0.342 e. The van der Waals surface area contributed by atoms with Crippen LogP contribution in [0.25, 0.3) is 0 Å². The maximum Gasteiger partial charge on any atom is 0.235 e. The van der Waals surface area contributed by atoms with E-state index >= 15 is 0 Å². The van der Waals surface area contributed by atoms with Crippen LogP contribution in [0.5, 0.6) is 0 Å². The zero-order valence-electron chi connectivity index (χ0n) is 15.3. The van der Waals surface area contributed by atoms with Gasteiger partial charge in [0.05, 0.1) is 11.4 Å². The highest BCUT2D eigenvalue weighted by molar-refractivity contribution is 7.93. The van der Waals surface area contributed by atoms with Gasteiger partial charge in [-0.05, 0) is 56.4 Å². The highest BCUT2D eigenvalue weighted by Gasteiger charge is 2.36. The van der Waals surface area contributed by atoms with E-state index in [1.54, 1.807) is 24.3 Å². The Morgan fingerprint density at radius 3 is 2.15 bits per heavy atom. The lowest BCUT2D eigenvalue weighted by Crippen LogP contribution is -2.42. The first kappa shape index (κ1) is 18.3. The average Bonchev–Trinajstić information content (AvgIpc) is 3.45. The Morgan fingerprint density at radius 1 is 0.926 bits per heavy atom. The number of rotatable bonds is 4. The number of hydrogen-bond acceptors (Lipinski definition) is 4. The molecule has 4 rings (SSSR count). The van der Waals surface area contributed by atoms with Gasteiger partial charge in [-0.15, -0.1) is 0 Å². The Labute approximate surface area is 159 Å². The highest BCUT2D eigenvalue weighted by atomic mass is 32.2. The zero-order valence-corrected chi connectivity index (χ0v) is 16.1. The maximum atomic E-state index is 12.5. The van der Waals surface area contributed by atoms with Crippen molar-refractivity contribution in [3.8, 4) is 0 Å². The van der Waals surface area contributed by atoms with Crippen molar-refractivity contribution in [1.29, 1.82) is 0 Å². The average molecular weight is 391 g/mol. The minimum absolute atomic E-state index is 0.0323. The summed E-state index contributed by atoms with van der Waals surface area (Å²) in [4.78, 5) is 26.5. The van der Waals surface area contributed by atoms with Gasteiger partial charge in [-0.1, -0.05) is 0 Å². The third-order valence-corrected chi connectivity index (χ3v) is 7.50. The van der Waals surface area contributed by atoms with Crippen molar-refractivity contribution in [1.82, 2.24) is 4.90 Å². The number of carbonyl (C=O) groups excluding carboxylic acids is 2. The molecule has 1 aliphatic carbocycles. The van der Waals surface area contributed by atoms with Crippen molar-refractivity contribution in [3.63, 3.8) is 0 Å². The summed E-state index contributed by atoms with van der Waals surface area (Å²) in [6.07, 6.45) is 4.04. The van der Waals surface area contributed by atoms with Crippen molar-refractivity contribution >= 4 is 33.2 Å². The zero-order chi connectivity index (χ0) is 19.0. The van der Waals surface area contributed by atoms with Crippen molar-refractivity contribution in [2.24, 2.45) is 11.8 Å². The van der Waals surface area contributed by atoms with Crippen LogP contribution in [0, 0.1) is 11.8 Å². The molecule has 146 valence electrons. The van der Waals surface area contributed by atoms with Crippen molar-refractivity contribution in [3.05, 3.63) is 24.3 Å². The molecule has 0 spiro atoms. The van der Waals surface area contributed by atoms with Crippen LogP contribution in [0.3, 0.4) is 0 Å². The second kappa shape index (κ2) is 7.14. The van der Waals surface area contributed by atoms with E-state index in [1.165, 1.54) is 4.31 Å². The van der Waals surface area contributed by atoms with E-state index in [9.17, 15) is 18.0 Å². The number of nitrogens with one attached hydrogen (secondary N) is 1. The van der Waals surface area contributed by atoms with E-state index in [-0.39, 0.29) is 29.4 Å². The number of hydrogen-bond donors (Lipinski definition) is 1. The molecule has 2 saturated heterocycles. The van der Waals surface area contributed by atoms with Gasteiger partial charge in [-0.3, -0.25) is 13.9 Å². The number of nitrogens with zero attached hydrogens (tertiary/aromatic N) is 2. The van der Waals surface area contributed by atoms with Crippen LogP contribution in [0.15, 0.2) is 24.3 Å². The molecule has 2 aliphatic heterocycles. The van der Waals surface area contributed by atoms with E-state index in [0.717, 1.165) is 12.8 Å². The second-order valence-corrected chi connectivity index (χ2v) is 9.66. The van der Waals surface area contributed by atoms with E-state index in [0.29, 0.717) is 50.3 Å². The van der Waals surface area contributed by atoms with Crippen LogP contribution in [-0.2, 0) is 19.6 Å². The van der Waals surface area contributed by atoms with Crippen molar-refractivity contribution in [2.45, 2.75) is 32.1 Å². The molecule has 2 heterocycles. The molecular formula is C19H25N3O4S. The summed E-state index contributed by atoms with van der Waals surface area (Å²) >= 11 is 0. The molecule has 0 unspecified atom stereocenters. The molecule has 1 saturated carbocycles. The molecule has 1 aromatic rings. The fourth-order valence-corrected chi connectivity index (χ4v) is 5.40. The van der Waals surface area contributed by atoms with Crippen molar-refractivity contribution < 1.29 is 18.0 Å². The quantitative estimate of drug-likeness (QED) is 0.848. The maximum absolute atomic E-state index is 12.5. The smallest absolute Gasteiger partial charge is 0.235 e. The van der Waals surface area contributed by atoms with Crippen LogP contribution >= 0.6 is 0 Å². The van der Waals surface area contributed by atoms with Gasteiger partial charge in [0.15, 0.2) is 0 Å². The van der Waals surface area contributed by atoms with Crippen LogP contribution in [0.4, 0.5) is 11.4 Å². The van der Waals surface area contributed by atoms with Crippen LogP contribution in [-0.4, -0.2) is 50.5 Å². The molecule has 8 heteroatoms. The molecule has 1 N–H and O–H groups in total. The number of anilines is 2. The predicted octanol–water partition coefficient (Wildman–Crippen LogP) is 1.81. The van der Waals surface area contributed by atoms with Crippen molar-refractivity contribution in [2.75, 3.05) is 35.0 Å². The van der Waals surface area contributed by atoms with Gasteiger partial charge < -0.3 is 10.2 Å². The molecule has 1 aromatic carbocycles. The summed E-state index contributed by atoms with van der Waals surface area (Å²) in [7, 11) is -3.19. The predicted molar refractivity (Wildman–Crippen MR) is 103 cm³/mol. The van der Waals surface area contributed by atoms with Gasteiger partial charge in [-0.25, -0.2) is 8.42 Å². The van der Waals surface area contributed by atoms with Gasteiger partial charge in [0, 0.05) is 37.2 Å². The lowest BCUT2D eigenvalue weighted by molar-refractivity contribution is -0.135. The SMILES string of the molecule is O=C(Nc1ccc(N2CCCS2(=O)=O)cc1)C1CCN(C(=O)C2CC2)CC1. The number of benzene rings is 1.